The Morgan fingerprint density at radius 2 is 1.85 bits per heavy atom. The first-order valence-electron chi connectivity index (χ1n) is 7.80. The Hall–Kier alpha value is -2.41. The van der Waals surface area contributed by atoms with Gasteiger partial charge in [0.1, 0.15) is 5.70 Å². The number of amides is 1. The first-order valence-corrected chi connectivity index (χ1v) is 9.79. The maximum atomic E-state index is 12.3. The number of hydrogen-bond acceptors (Lipinski definition) is 3. The van der Waals surface area contributed by atoms with Crippen molar-refractivity contribution in [2.75, 3.05) is 0 Å². The van der Waals surface area contributed by atoms with Gasteiger partial charge in [0, 0.05) is 30.4 Å². The van der Waals surface area contributed by atoms with E-state index in [1.807, 2.05) is 24.3 Å². The smallest absolute Gasteiger partial charge is 0.352 e. The SMILES string of the molecule is O=C(O)C(=Cc1ccc(-c2ccccc2Cl)s1)NC(=O)c1cccc(Br)c1. The van der Waals surface area contributed by atoms with Crippen molar-refractivity contribution in [3.8, 4) is 10.4 Å². The van der Waals surface area contributed by atoms with Crippen LogP contribution in [-0.4, -0.2) is 17.0 Å². The van der Waals surface area contributed by atoms with Crippen LogP contribution in [0.3, 0.4) is 0 Å². The van der Waals surface area contributed by atoms with Crippen LogP contribution in [0.4, 0.5) is 0 Å². The molecule has 2 aromatic carbocycles. The van der Waals surface area contributed by atoms with Gasteiger partial charge in [0.25, 0.3) is 5.91 Å². The lowest BCUT2D eigenvalue weighted by atomic mass is 10.2. The van der Waals surface area contributed by atoms with E-state index in [0.717, 1.165) is 14.9 Å². The minimum atomic E-state index is -1.22. The highest BCUT2D eigenvalue weighted by molar-refractivity contribution is 9.10. The highest BCUT2D eigenvalue weighted by Gasteiger charge is 2.14. The predicted octanol–water partition coefficient (Wildman–Crippen LogP) is 5.69. The van der Waals surface area contributed by atoms with Crippen LogP contribution in [0.2, 0.25) is 5.02 Å². The molecule has 3 rings (SSSR count). The maximum absolute atomic E-state index is 12.3. The molecule has 0 saturated heterocycles. The molecule has 0 bridgehead atoms. The number of hydrogen-bond donors (Lipinski definition) is 2. The molecule has 0 aliphatic carbocycles. The second-order valence-electron chi connectivity index (χ2n) is 5.51. The number of carboxylic acids is 1. The summed E-state index contributed by atoms with van der Waals surface area (Å²) < 4.78 is 0.735. The molecule has 0 atom stereocenters. The molecule has 0 radical (unpaired) electrons. The van der Waals surface area contributed by atoms with Crippen molar-refractivity contribution in [3.63, 3.8) is 0 Å². The molecule has 1 amide bonds. The van der Waals surface area contributed by atoms with Crippen molar-refractivity contribution in [2.45, 2.75) is 0 Å². The molecule has 1 aromatic heterocycles. The third-order valence-electron chi connectivity index (χ3n) is 3.62. The van der Waals surface area contributed by atoms with Gasteiger partial charge in [0.15, 0.2) is 0 Å². The van der Waals surface area contributed by atoms with E-state index in [2.05, 4.69) is 21.2 Å². The summed E-state index contributed by atoms with van der Waals surface area (Å²) in [4.78, 5) is 25.5. The van der Waals surface area contributed by atoms with Crippen molar-refractivity contribution >= 4 is 56.8 Å². The highest BCUT2D eigenvalue weighted by atomic mass is 79.9. The average Bonchev–Trinajstić information content (AvgIpc) is 3.09. The number of rotatable bonds is 5. The molecule has 0 aliphatic rings. The summed E-state index contributed by atoms with van der Waals surface area (Å²) in [7, 11) is 0. The number of thiophene rings is 1. The number of carboxylic acid groups (broad SMARTS) is 1. The van der Waals surface area contributed by atoms with Gasteiger partial charge in [-0.05, 0) is 42.5 Å². The first kappa shape index (κ1) is 19.4. The number of carbonyl (C=O) groups is 2. The lowest BCUT2D eigenvalue weighted by molar-refractivity contribution is -0.132. The molecule has 4 nitrogen and oxygen atoms in total. The summed E-state index contributed by atoms with van der Waals surface area (Å²) in [6.45, 7) is 0. The minimum Gasteiger partial charge on any atom is -0.477 e. The van der Waals surface area contributed by atoms with Gasteiger partial charge < -0.3 is 10.4 Å². The molecule has 27 heavy (non-hydrogen) atoms. The topological polar surface area (TPSA) is 66.4 Å². The van der Waals surface area contributed by atoms with Gasteiger partial charge in [-0.15, -0.1) is 11.3 Å². The van der Waals surface area contributed by atoms with Crippen LogP contribution in [0.5, 0.6) is 0 Å². The molecule has 2 N–H and O–H groups in total. The van der Waals surface area contributed by atoms with Crippen molar-refractivity contribution in [1.82, 2.24) is 5.32 Å². The van der Waals surface area contributed by atoms with Crippen molar-refractivity contribution < 1.29 is 14.7 Å². The Bertz CT molecular complexity index is 1040. The summed E-state index contributed by atoms with van der Waals surface area (Å²) in [6.07, 6.45) is 1.43. The van der Waals surface area contributed by atoms with Gasteiger partial charge in [-0.25, -0.2) is 4.79 Å². The van der Waals surface area contributed by atoms with Gasteiger partial charge in [-0.2, -0.15) is 0 Å². The Kier molecular flexibility index (Phi) is 6.11. The van der Waals surface area contributed by atoms with E-state index in [-0.39, 0.29) is 5.70 Å². The van der Waals surface area contributed by atoms with Gasteiger partial charge in [0.05, 0.1) is 0 Å². The van der Waals surface area contributed by atoms with E-state index in [1.54, 1.807) is 36.4 Å². The Balaban J connectivity index is 1.85. The van der Waals surface area contributed by atoms with Crippen molar-refractivity contribution in [1.29, 1.82) is 0 Å². The molecule has 0 fully saturated rings. The molecule has 136 valence electrons. The van der Waals surface area contributed by atoms with E-state index < -0.39 is 11.9 Å². The van der Waals surface area contributed by atoms with Crippen LogP contribution in [0.25, 0.3) is 16.5 Å². The maximum Gasteiger partial charge on any atom is 0.352 e. The number of halogens is 2. The Labute approximate surface area is 173 Å². The zero-order valence-electron chi connectivity index (χ0n) is 13.8. The monoisotopic (exact) mass is 461 g/mol. The van der Waals surface area contributed by atoms with Gasteiger partial charge >= 0.3 is 5.97 Å². The van der Waals surface area contributed by atoms with Gasteiger partial charge in [0.2, 0.25) is 0 Å². The van der Waals surface area contributed by atoms with Gasteiger partial charge in [-0.1, -0.05) is 51.8 Å². The summed E-state index contributed by atoms with van der Waals surface area (Å²) in [5.74, 6) is -1.71. The first-order chi connectivity index (χ1) is 12.9. The van der Waals surface area contributed by atoms with E-state index >= 15 is 0 Å². The normalized spacial score (nSPS) is 11.3. The van der Waals surface area contributed by atoms with Crippen molar-refractivity contribution in [3.05, 3.63) is 86.3 Å². The zero-order chi connectivity index (χ0) is 19.4. The molecule has 0 unspecified atom stereocenters. The second kappa shape index (κ2) is 8.52. The molecular formula is C20H13BrClNO3S. The molecular weight excluding hydrogens is 450 g/mol. The van der Waals surface area contributed by atoms with Crippen LogP contribution in [0, 0.1) is 0 Å². The Morgan fingerprint density at radius 3 is 2.56 bits per heavy atom. The number of aliphatic carboxylic acids is 1. The van der Waals surface area contributed by atoms with E-state index in [9.17, 15) is 14.7 Å². The summed E-state index contributed by atoms with van der Waals surface area (Å²) in [5, 5.41) is 12.5. The largest absolute Gasteiger partial charge is 0.477 e. The van der Waals surface area contributed by atoms with Crippen molar-refractivity contribution in [2.24, 2.45) is 0 Å². The predicted molar refractivity (Wildman–Crippen MR) is 112 cm³/mol. The van der Waals surface area contributed by atoms with Crippen LogP contribution in [0.1, 0.15) is 15.2 Å². The fourth-order valence-electron chi connectivity index (χ4n) is 2.35. The average molecular weight is 463 g/mol. The second-order valence-corrected chi connectivity index (χ2v) is 7.95. The lowest BCUT2D eigenvalue weighted by Crippen LogP contribution is -2.27. The van der Waals surface area contributed by atoms with Crippen LogP contribution >= 0.6 is 38.9 Å². The van der Waals surface area contributed by atoms with Crippen LogP contribution in [0.15, 0.2) is 70.8 Å². The van der Waals surface area contributed by atoms with E-state index in [0.29, 0.717) is 15.5 Å². The lowest BCUT2D eigenvalue weighted by Gasteiger charge is -2.06. The van der Waals surface area contributed by atoms with E-state index in [1.165, 1.54) is 17.4 Å². The molecule has 1 heterocycles. The quantitative estimate of drug-likeness (QED) is 0.479. The van der Waals surface area contributed by atoms with Gasteiger partial charge in [-0.3, -0.25) is 4.79 Å². The number of nitrogens with one attached hydrogen (secondary N) is 1. The molecule has 0 spiro atoms. The summed E-state index contributed by atoms with van der Waals surface area (Å²) in [5.41, 5.74) is 1.03. The van der Waals surface area contributed by atoms with Crippen LogP contribution < -0.4 is 5.32 Å². The zero-order valence-corrected chi connectivity index (χ0v) is 16.9. The highest BCUT2D eigenvalue weighted by Crippen LogP contribution is 2.33. The third kappa shape index (κ3) is 4.86. The molecule has 0 aliphatic heterocycles. The van der Waals surface area contributed by atoms with Crippen LogP contribution in [-0.2, 0) is 4.79 Å². The molecule has 0 saturated carbocycles. The standard InChI is InChI=1S/C20H13BrClNO3S/c21-13-5-3-4-12(10-13)19(24)23-17(20(25)26)11-14-8-9-18(27-14)15-6-1-2-7-16(15)22/h1-11H,(H,23,24)(H,25,26). The summed E-state index contributed by atoms with van der Waals surface area (Å²) in [6, 6.07) is 17.8. The molecule has 3 aromatic rings. The fraction of sp³-hybridized carbons (Fsp3) is 0. The molecule has 7 heteroatoms. The van der Waals surface area contributed by atoms with E-state index in [4.69, 9.17) is 11.6 Å². The number of benzene rings is 2. The number of carbonyl (C=O) groups excluding carboxylic acids is 1. The Morgan fingerprint density at radius 1 is 1.07 bits per heavy atom. The third-order valence-corrected chi connectivity index (χ3v) is 5.51. The summed E-state index contributed by atoms with van der Waals surface area (Å²) >= 11 is 10.9. The minimum absolute atomic E-state index is 0.201. The fourth-order valence-corrected chi connectivity index (χ4v) is 4.04.